The van der Waals surface area contributed by atoms with Crippen molar-refractivity contribution in [1.82, 2.24) is 4.98 Å². The molecule has 1 fully saturated rings. The minimum atomic E-state index is -3.91. The first kappa shape index (κ1) is 29.8. The molecule has 2 aliphatic rings. The van der Waals surface area contributed by atoms with Gasteiger partial charge in [-0.2, -0.15) is 8.97 Å². The van der Waals surface area contributed by atoms with Crippen molar-refractivity contribution < 1.29 is 26.7 Å². The van der Waals surface area contributed by atoms with Gasteiger partial charge in [-0.3, -0.25) is 4.55 Å². The summed E-state index contributed by atoms with van der Waals surface area (Å²) in [5, 5.41) is 10.8. The standard InChI is InChI=1S/C26H34N4O6S3/c1-17-14-29(15-18(2)36-17)24-23-16-35-26(3,4)12-21(23)22(13-27)25(28-24)37-11-10-19-6-8-20(9-7-19)30(38(31)32)39(5,33)34/h6-9,17-18H,10-12,14-16H2,1-5H3,(H,31,32). The number of nitrogens with zero attached hydrogens (tertiary/aromatic N) is 4. The molecule has 39 heavy (non-hydrogen) atoms. The van der Waals surface area contributed by atoms with Gasteiger partial charge in [0.1, 0.15) is 16.9 Å². The Kier molecular flexibility index (Phi) is 8.95. The number of pyridine rings is 1. The number of benzene rings is 1. The number of nitriles is 1. The van der Waals surface area contributed by atoms with Crippen LogP contribution in [0.3, 0.4) is 0 Å². The van der Waals surface area contributed by atoms with Gasteiger partial charge in [0.2, 0.25) is 10.0 Å². The lowest BCUT2D eigenvalue weighted by Gasteiger charge is -2.40. The highest BCUT2D eigenvalue weighted by atomic mass is 32.3. The molecule has 1 aromatic carbocycles. The number of rotatable bonds is 8. The number of morpholine rings is 1. The minimum absolute atomic E-state index is 0.0590. The van der Waals surface area contributed by atoms with Crippen molar-refractivity contribution in [2.45, 2.75) is 70.0 Å². The first-order chi connectivity index (χ1) is 18.3. The number of fused-ring (bicyclic) bond motifs is 1. The van der Waals surface area contributed by atoms with E-state index in [0.29, 0.717) is 52.6 Å². The fourth-order valence-electron chi connectivity index (χ4n) is 5.01. The van der Waals surface area contributed by atoms with Crippen molar-refractivity contribution in [2.75, 3.05) is 33.7 Å². The maximum atomic E-state index is 11.9. The number of aryl methyl sites for hydroxylation is 1. The third-order valence-electron chi connectivity index (χ3n) is 6.62. The number of anilines is 2. The molecule has 0 bridgehead atoms. The zero-order valence-corrected chi connectivity index (χ0v) is 25.2. The van der Waals surface area contributed by atoms with Gasteiger partial charge >= 0.3 is 0 Å². The fourth-order valence-corrected chi connectivity index (χ4v) is 7.73. The van der Waals surface area contributed by atoms with Crippen LogP contribution in [0.15, 0.2) is 29.3 Å². The molecule has 0 spiro atoms. The quantitative estimate of drug-likeness (QED) is 0.357. The highest BCUT2D eigenvalue weighted by molar-refractivity contribution is 8.05. The van der Waals surface area contributed by atoms with Crippen molar-refractivity contribution in [2.24, 2.45) is 0 Å². The second kappa shape index (κ2) is 11.7. The monoisotopic (exact) mass is 594 g/mol. The van der Waals surface area contributed by atoms with E-state index in [2.05, 4.69) is 11.0 Å². The lowest BCUT2D eigenvalue weighted by atomic mass is 9.89. The summed E-state index contributed by atoms with van der Waals surface area (Å²) < 4.78 is 57.2. The SMILES string of the molecule is CC1CN(c2nc(SCCc3ccc(N(S(=O)O)S(C)(=O)=O)cc3)c(C#N)c3c2COC(C)(C)C3)CC(C)O1. The number of hydrogen-bond donors (Lipinski definition) is 1. The van der Waals surface area contributed by atoms with Crippen LogP contribution in [0.25, 0.3) is 0 Å². The summed E-state index contributed by atoms with van der Waals surface area (Å²) in [6.07, 6.45) is 2.25. The van der Waals surface area contributed by atoms with E-state index < -0.39 is 21.3 Å². The molecule has 2 aromatic rings. The smallest absolute Gasteiger partial charge is 0.276 e. The number of ether oxygens (including phenoxy) is 2. The first-order valence-electron chi connectivity index (χ1n) is 12.6. The first-order valence-corrected chi connectivity index (χ1v) is 16.5. The van der Waals surface area contributed by atoms with Gasteiger partial charge in [-0.05, 0) is 57.4 Å². The van der Waals surface area contributed by atoms with E-state index in [0.717, 1.165) is 28.8 Å². The van der Waals surface area contributed by atoms with Crippen LogP contribution >= 0.6 is 11.8 Å². The molecule has 2 aliphatic heterocycles. The van der Waals surface area contributed by atoms with Crippen LogP contribution in [0.1, 0.15) is 49.9 Å². The second-order valence-electron chi connectivity index (χ2n) is 10.6. The Morgan fingerprint density at radius 1 is 1.23 bits per heavy atom. The van der Waals surface area contributed by atoms with Crippen LogP contribution in [0.4, 0.5) is 11.5 Å². The Bertz CT molecular complexity index is 1380. The van der Waals surface area contributed by atoms with E-state index in [1.165, 1.54) is 23.9 Å². The zero-order valence-electron chi connectivity index (χ0n) is 22.7. The van der Waals surface area contributed by atoms with Gasteiger partial charge in [0.05, 0.1) is 41.9 Å². The van der Waals surface area contributed by atoms with Crippen LogP contribution in [0.5, 0.6) is 0 Å². The molecular formula is C26H34N4O6S3. The van der Waals surface area contributed by atoms with Crippen molar-refractivity contribution >= 4 is 44.6 Å². The molecule has 3 unspecified atom stereocenters. The Balaban J connectivity index is 1.59. The predicted molar refractivity (Wildman–Crippen MR) is 153 cm³/mol. The van der Waals surface area contributed by atoms with E-state index in [1.807, 2.05) is 27.7 Å². The molecule has 212 valence electrons. The third-order valence-corrected chi connectivity index (χ3v) is 10.1. The van der Waals surface area contributed by atoms with E-state index in [9.17, 15) is 22.4 Å². The Labute approximate surface area is 237 Å². The summed E-state index contributed by atoms with van der Waals surface area (Å²) in [5.74, 6) is 1.49. The van der Waals surface area contributed by atoms with Gasteiger partial charge in [0.25, 0.3) is 11.3 Å². The van der Waals surface area contributed by atoms with Gasteiger partial charge < -0.3 is 14.4 Å². The summed E-state index contributed by atoms with van der Waals surface area (Å²) in [5.41, 5.74) is 3.21. The maximum Gasteiger partial charge on any atom is 0.276 e. The van der Waals surface area contributed by atoms with Crippen LogP contribution in [0.2, 0.25) is 0 Å². The molecule has 0 radical (unpaired) electrons. The molecule has 0 aliphatic carbocycles. The topological polar surface area (TPSA) is 133 Å². The van der Waals surface area contributed by atoms with E-state index in [4.69, 9.17) is 14.5 Å². The highest BCUT2D eigenvalue weighted by Crippen LogP contribution is 2.39. The fraction of sp³-hybridized carbons (Fsp3) is 0.538. The highest BCUT2D eigenvalue weighted by Gasteiger charge is 2.35. The molecule has 13 heteroatoms. The van der Waals surface area contributed by atoms with Gasteiger partial charge in [0.15, 0.2) is 0 Å². The van der Waals surface area contributed by atoms with Crippen molar-refractivity contribution in [1.29, 1.82) is 5.26 Å². The largest absolute Gasteiger partial charge is 0.372 e. The summed E-state index contributed by atoms with van der Waals surface area (Å²) >= 11 is -1.19. The van der Waals surface area contributed by atoms with Crippen LogP contribution in [-0.4, -0.2) is 65.1 Å². The van der Waals surface area contributed by atoms with Crippen molar-refractivity contribution in [3.05, 3.63) is 46.5 Å². The van der Waals surface area contributed by atoms with E-state index >= 15 is 0 Å². The molecule has 4 rings (SSSR count). The number of thioether (sulfide) groups is 1. The second-order valence-corrected chi connectivity index (χ2v) is 14.5. The molecule has 0 amide bonds. The molecule has 10 nitrogen and oxygen atoms in total. The van der Waals surface area contributed by atoms with Gasteiger partial charge in [-0.25, -0.2) is 17.6 Å². The minimum Gasteiger partial charge on any atom is -0.372 e. The zero-order chi connectivity index (χ0) is 28.5. The molecule has 3 heterocycles. The maximum absolute atomic E-state index is 11.9. The average molecular weight is 595 g/mol. The third kappa shape index (κ3) is 6.93. The summed E-state index contributed by atoms with van der Waals surface area (Å²) in [4.78, 5) is 7.25. The molecule has 1 aromatic heterocycles. The molecule has 1 N–H and O–H groups in total. The van der Waals surface area contributed by atoms with E-state index in [-0.39, 0.29) is 23.5 Å². The Hall–Kier alpha value is -2.21. The van der Waals surface area contributed by atoms with Gasteiger partial charge in [-0.15, -0.1) is 11.8 Å². The average Bonchev–Trinajstić information content (AvgIpc) is 2.82. The number of hydrogen-bond acceptors (Lipinski definition) is 9. The van der Waals surface area contributed by atoms with Crippen LogP contribution < -0.4 is 8.61 Å². The van der Waals surface area contributed by atoms with Gasteiger partial charge in [0, 0.05) is 30.8 Å². The van der Waals surface area contributed by atoms with Crippen LogP contribution in [-0.2, 0) is 50.2 Å². The summed E-state index contributed by atoms with van der Waals surface area (Å²) in [6, 6.07) is 8.88. The van der Waals surface area contributed by atoms with Gasteiger partial charge in [-0.1, -0.05) is 12.1 Å². The van der Waals surface area contributed by atoms with E-state index in [1.54, 1.807) is 12.1 Å². The lowest BCUT2D eigenvalue weighted by molar-refractivity contribution is -0.0407. The molecule has 1 saturated heterocycles. The van der Waals surface area contributed by atoms with Crippen molar-refractivity contribution in [3.8, 4) is 6.07 Å². The summed E-state index contributed by atoms with van der Waals surface area (Å²) in [6.45, 7) is 9.98. The number of sulfonamides is 1. The van der Waals surface area contributed by atoms with Crippen molar-refractivity contribution in [3.63, 3.8) is 0 Å². The molecule has 3 atom stereocenters. The lowest BCUT2D eigenvalue weighted by Crippen LogP contribution is -2.47. The predicted octanol–water partition coefficient (Wildman–Crippen LogP) is 3.66. The normalized spacial score (nSPS) is 21.6. The molecular weight excluding hydrogens is 561 g/mol. The molecule has 0 saturated carbocycles. The van der Waals surface area contributed by atoms with Crippen LogP contribution in [0, 0.1) is 11.3 Å². The Morgan fingerprint density at radius 2 is 1.87 bits per heavy atom. The summed E-state index contributed by atoms with van der Waals surface area (Å²) in [7, 11) is -3.91. The number of aromatic nitrogens is 1. The Morgan fingerprint density at radius 3 is 2.44 bits per heavy atom.